The van der Waals surface area contributed by atoms with Crippen molar-refractivity contribution >= 4 is 17.6 Å². The van der Waals surface area contributed by atoms with Crippen LogP contribution < -0.4 is 5.32 Å². The first kappa shape index (κ1) is 16.7. The number of nitrogens with one attached hydrogen (secondary N) is 1. The lowest BCUT2D eigenvalue weighted by atomic mass is 9.88. The van der Waals surface area contributed by atoms with Gasteiger partial charge in [-0.1, -0.05) is 32.0 Å². The fraction of sp³-hybridized carbons (Fsp3) is 0.278. The molecule has 1 amide bonds. The van der Waals surface area contributed by atoms with Gasteiger partial charge in [-0.25, -0.2) is 0 Å². The minimum atomic E-state index is -0.877. The molecule has 0 fully saturated rings. The summed E-state index contributed by atoms with van der Waals surface area (Å²) < 4.78 is 0. The van der Waals surface area contributed by atoms with Gasteiger partial charge in [0, 0.05) is 18.1 Å². The second kappa shape index (κ2) is 7.54. The fourth-order valence-electron chi connectivity index (χ4n) is 2.50. The van der Waals surface area contributed by atoms with Crippen LogP contribution in [0, 0.1) is 5.92 Å². The Labute approximate surface area is 135 Å². The van der Waals surface area contributed by atoms with Crippen molar-refractivity contribution in [3.63, 3.8) is 0 Å². The van der Waals surface area contributed by atoms with Crippen molar-refractivity contribution in [1.29, 1.82) is 0 Å². The van der Waals surface area contributed by atoms with E-state index in [0.717, 1.165) is 5.56 Å². The molecule has 0 saturated heterocycles. The molecule has 0 aliphatic rings. The van der Waals surface area contributed by atoms with Crippen LogP contribution in [0.3, 0.4) is 0 Å². The Morgan fingerprint density at radius 2 is 1.87 bits per heavy atom. The van der Waals surface area contributed by atoms with Crippen LogP contribution in [0.5, 0.6) is 0 Å². The highest BCUT2D eigenvalue weighted by Gasteiger charge is 2.24. The molecule has 2 aromatic rings. The highest BCUT2D eigenvalue weighted by Crippen LogP contribution is 2.25. The Morgan fingerprint density at radius 3 is 2.39 bits per heavy atom. The van der Waals surface area contributed by atoms with E-state index in [0.29, 0.717) is 11.3 Å². The Balaban J connectivity index is 2.11. The number of hydrogen-bond acceptors (Lipinski definition) is 3. The molecule has 1 aromatic heterocycles. The number of pyridine rings is 1. The Bertz CT molecular complexity index is 666. The minimum Gasteiger partial charge on any atom is -0.481 e. The van der Waals surface area contributed by atoms with E-state index in [1.807, 2.05) is 26.0 Å². The average Bonchev–Trinajstić information content (AvgIpc) is 2.49. The summed E-state index contributed by atoms with van der Waals surface area (Å²) in [4.78, 5) is 27.3. The van der Waals surface area contributed by atoms with Crippen molar-refractivity contribution < 1.29 is 14.7 Å². The topological polar surface area (TPSA) is 79.3 Å². The van der Waals surface area contributed by atoms with Gasteiger partial charge in [0.1, 0.15) is 0 Å². The molecule has 0 aliphatic carbocycles. The van der Waals surface area contributed by atoms with E-state index in [-0.39, 0.29) is 24.2 Å². The van der Waals surface area contributed by atoms with E-state index in [4.69, 9.17) is 5.11 Å². The summed E-state index contributed by atoms with van der Waals surface area (Å²) >= 11 is 0. The zero-order valence-corrected chi connectivity index (χ0v) is 13.2. The number of carboxylic acids is 1. The van der Waals surface area contributed by atoms with Crippen molar-refractivity contribution in [2.24, 2.45) is 5.92 Å². The number of carbonyl (C=O) groups is 2. The van der Waals surface area contributed by atoms with Gasteiger partial charge in [-0.05, 0) is 35.2 Å². The van der Waals surface area contributed by atoms with Gasteiger partial charge in [0.15, 0.2) is 0 Å². The van der Waals surface area contributed by atoms with E-state index in [1.165, 1.54) is 0 Å². The number of amides is 1. The minimum absolute atomic E-state index is 0.0292. The number of anilines is 1. The van der Waals surface area contributed by atoms with Crippen LogP contribution in [0.4, 0.5) is 5.69 Å². The van der Waals surface area contributed by atoms with Crippen LogP contribution in [0.15, 0.2) is 48.8 Å². The lowest BCUT2D eigenvalue weighted by molar-refractivity contribution is -0.136. The molecule has 1 heterocycles. The lowest BCUT2D eigenvalue weighted by Gasteiger charge is -2.20. The van der Waals surface area contributed by atoms with Gasteiger partial charge in [-0.3, -0.25) is 14.6 Å². The maximum absolute atomic E-state index is 12.6. The molecule has 0 bridgehead atoms. The molecule has 2 rings (SSSR count). The molecular formula is C18H20N2O3. The van der Waals surface area contributed by atoms with Crippen molar-refractivity contribution in [3.8, 4) is 0 Å². The van der Waals surface area contributed by atoms with Crippen molar-refractivity contribution in [1.82, 2.24) is 4.98 Å². The number of carbonyl (C=O) groups excluding carboxylic acids is 1. The zero-order valence-electron chi connectivity index (χ0n) is 13.2. The molecular weight excluding hydrogens is 292 g/mol. The molecule has 1 atom stereocenters. The second-order valence-corrected chi connectivity index (χ2v) is 5.76. The second-order valence-electron chi connectivity index (χ2n) is 5.76. The highest BCUT2D eigenvalue weighted by atomic mass is 16.4. The highest BCUT2D eigenvalue weighted by molar-refractivity contribution is 5.96. The number of carboxylic acid groups (broad SMARTS) is 1. The largest absolute Gasteiger partial charge is 0.481 e. The third-order valence-corrected chi connectivity index (χ3v) is 3.57. The quantitative estimate of drug-likeness (QED) is 0.859. The zero-order chi connectivity index (χ0) is 16.8. The maximum Gasteiger partial charge on any atom is 0.307 e. The van der Waals surface area contributed by atoms with E-state index in [1.54, 1.807) is 36.7 Å². The summed E-state index contributed by atoms with van der Waals surface area (Å²) in [7, 11) is 0. The van der Waals surface area contributed by atoms with Gasteiger partial charge in [0.25, 0.3) is 0 Å². The van der Waals surface area contributed by atoms with Gasteiger partial charge in [-0.2, -0.15) is 0 Å². The first-order chi connectivity index (χ1) is 11.0. The molecule has 2 N–H and O–H groups in total. The third-order valence-electron chi connectivity index (χ3n) is 3.57. The van der Waals surface area contributed by atoms with Crippen molar-refractivity contribution in [3.05, 3.63) is 59.9 Å². The average molecular weight is 312 g/mol. The van der Waals surface area contributed by atoms with Gasteiger partial charge in [0.2, 0.25) is 5.91 Å². The summed E-state index contributed by atoms with van der Waals surface area (Å²) in [6, 6.07) is 10.6. The molecule has 0 saturated carbocycles. The number of hydrogen-bond donors (Lipinski definition) is 2. The first-order valence-corrected chi connectivity index (χ1v) is 7.49. The van der Waals surface area contributed by atoms with Crippen LogP contribution in [0.1, 0.15) is 30.9 Å². The Morgan fingerprint density at radius 1 is 1.17 bits per heavy atom. The van der Waals surface area contributed by atoms with Crippen LogP contribution in [0.25, 0.3) is 0 Å². The molecule has 0 spiro atoms. The van der Waals surface area contributed by atoms with E-state index < -0.39 is 5.97 Å². The third kappa shape index (κ3) is 4.64. The van der Waals surface area contributed by atoms with Gasteiger partial charge in [0.05, 0.1) is 12.3 Å². The van der Waals surface area contributed by atoms with E-state index in [9.17, 15) is 9.59 Å². The fourth-order valence-corrected chi connectivity index (χ4v) is 2.50. The maximum atomic E-state index is 12.6. The number of aliphatic carboxylic acids is 1. The van der Waals surface area contributed by atoms with Gasteiger partial charge < -0.3 is 10.4 Å². The monoisotopic (exact) mass is 312 g/mol. The molecule has 23 heavy (non-hydrogen) atoms. The number of aromatic nitrogens is 1. The van der Waals surface area contributed by atoms with Crippen LogP contribution in [0.2, 0.25) is 0 Å². The van der Waals surface area contributed by atoms with E-state index in [2.05, 4.69) is 10.3 Å². The van der Waals surface area contributed by atoms with Gasteiger partial charge in [-0.15, -0.1) is 0 Å². The standard InChI is InChI=1S/C18H20N2O3/c1-12(2)17(14-4-3-9-19-11-14)18(23)20-15-7-5-13(6-8-15)10-16(21)22/h3-9,11-12,17H,10H2,1-2H3,(H,20,23)(H,21,22). The van der Waals surface area contributed by atoms with E-state index >= 15 is 0 Å². The molecule has 120 valence electrons. The van der Waals surface area contributed by atoms with Crippen LogP contribution >= 0.6 is 0 Å². The summed E-state index contributed by atoms with van der Waals surface area (Å²) in [5, 5.41) is 11.7. The first-order valence-electron chi connectivity index (χ1n) is 7.49. The van der Waals surface area contributed by atoms with Crippen LogP contribution in [-0.4, -0.2) is 22.0 Å². The Kier molecular flexibility index (Phi) is 5.46. The molecule has 1 unspecified atom stereocenters. The summed E-state index contributed by atoms with van der Waals surface area (Å²) in [5.41, 5.74) is 2.23. The summed E-state index contributed by atoms with van der Waals surface area (Å²) in [6.45, 7) is 3.99. The SMILES string of the molecule is CC(C)C(C(=O)Nc1ccc(CC(=O)O)cc1)c1cccnc1. The normalized spacial score (nSPS) is 12.0. The number of nitrogens with zero attached hydrogens (tertiary/aromatic N) is 1. The molecule has 0 radical (unpaired) electrons. The molecule has 5 heteroatoms. The Hall–Kier alpha value is -2.69. The smallest absolute Gasteiger partial charge is 0.307 e. The molecule has 0 aliphatic heterocycles. The molecule has 1 aromatic carbocycles. The summed E-state index contributed by atoms with van der Waals surface area (Å²) in [5.74, 6) is -1.13. The summed E-state index contributed by atoms with van der Waals surface area (Å²) in [6.07, 6.45) is 3.36. The molecule has 5 nitrogen and oxygen atoms in total. The number of benzene rings is 1. The van der Waals surface area contributed by atoms with Gasteiger partial charge >= 0.3 is 5.97 Å². The predicted octanol–water partition coefficient (Wildman–Crippen LogP) is 3.09. The predicted molar refractivity (Wildman–Crippen MR) is 88.2 cm³/mol. The lowest BCUT2D eigenvalue weighted by Crippen LogP contribution is -2.25. The number of rotatable bonds is 6. The van der Waals surface area contributed by atoms with Crippen molar-refractivity contribution in [2.45, 2.75) is 26.2 Å². The van der Waals surface area contributed by atoms with Crippen molar-refractivity contribution in [2.75, 3.05) is 5.32 Å². The van der Waals surface area contributed by atoms with Crippen LogP contribution in [-0.2, 0) is 16.0 Å².